The van der Waals surface area contributed by atoms with Crippen LogP contribution in [0.3, 0.4) is 0 Å². The van der Waals surface area contributed by atoms with E-state index in [1.54, 1.807) is 30.3 Å². The predicted octanol–water partition coefficient (Wildman–Crippen LogP) is 4.84. The van der Waals surface area contributed by atoms with E-state index in [1.165, 1.54) is 13.3 Å². The molecule has 0 bridgehead atoms. The average molecular weight is 452 g/mol. The largest absolute Gasteiger partial charge is 0.504 e. The van der Waals surface area contributed by atoms with Crippen LogP contribution >= 0.6 is 0 Å². The van der Waals surface area contributed by atoms with Crippen molar-refractivity contribution in [3.8, 4) is 28.4 Å². The second-order valence-electron chi connectivity index (χ2n) is 7.40. The summed E-state index contributed by atoms with van der Waals surface area (Å²) < 4.78 is 7.15. The molecule has 0 aliphatic heterocycles. The number of phenolic OH excluding ortho intramolecular Hbond substituents is 1. The first-order valence-corrected chi connectivity index (χ1v) is 10.4. The number of aromatic hydroxyl groups is 1. The fourth-order valence-corrected chi connectivity index (χ4v) is 3.46. The second-order valence-corrected chi connectivity index (χ2v) is 7.40. The number of carbonyl (C=O) groups is 1. The lowest BCUT2D eigenvalue weighted by Crippen LogP contribution is -2.20. The van der Waals surface area contributed by atoms with E-state index in [2.05, 4.69) is 25.6 Å². The van der Waals surface area contributed by atoms with E-state index in [-0.39, 0.29) is 11.6 Å². The summed E-state index contributed by atoms with van der Waals surface area (Å²) in [7, 11) is 1.48. The maximum absolute atomic E-state index is 12.5. The molecule has 5 rings (SSSR count). The number of methoxy groups -OCH3 is 1. The zero-order chi connectivity index (χ0) is 23.5. The molecule has 0 spiro atoms. The van der Waals surface area contributed by atoms with Gasteiger partial charge in [-0.3, -0.25) is 5.32 Å². The molecule has 9 heteroatoms. The number of ether oxygens (including phenoxy) is 1. The summed E-state index contributed by atoms with van der Waals surface area (Å²) >= 11 is 0. The molecule has 34 heavy (non-hydrogen) atoms. The topological polar surface area (TPSA) is 114 Å². The lowest BCUT2D eigenvalue weighted by molar-refractivity contribution is 0.262. The minimum absolute atomic E-state index is 0.0451. The first-order valence-electron chi connectivity index (χ1n) is 10.4. The van der Waals surface area contributed by atoms with E-state index >= 15 is 0 Å². The van der Waals surface area contributed by atoms with Gasteiger partial charge in [0.05, 0.1) is 19.0 Å². The zero-order valence-corrected chi connectivity index (χ0v) is 18.1. The van der Waals surface area contributed by atoms with Crippen molar-refractivity contribution in [1.82, 2.24) is 19.5 Å². The molecule has 3 N–H and O–H groups in total. The van der Waals surface area contributed by atoms with Crippen LogP contribution in [0.1, 0.15) is 0 Å². The van der Waals surface area contributed by atoms with Crippen molar-refractivity contribution in [3.63, 3.8) is 0 Å². The van der Waals surface area contributed by atoms with Crippen LogP contribution in [0.25, 0.3) is 28.1 Å². The van der Waals surface area contributed by atoms with Crippen molar-refractivity contribution in [3.05, 3.63) is 85.3 Å². The number of nitrogens with one attached hydrogen (secondary N) is 2. The third kappa shape index (κ3) is 4.35. The van der Waals surface area contributed by atoms with Crippen LogP contribution in [-0.2, 0) is 0 Å². The van der Waals surface area contributed by atoms with Crippen molar-refractivity contribution in [1.29, 1.82) is 0 Å². The number of fused-ring (bicyclic) bond motifs is 1. The lowest BCUT2D eigenvalue weighted by atomic mass is 10.1. The van der Waals surface area contributed by atoms with Gasteiger partial charge in [-0.25, -0.2) is 19.7 Å². The Morgan fingerprint density at radius 2 is 1.76 bits per heavy atom. The summed E-state index contributed by atoms with van der Waals surface area (Å²) in [5, 5.41) is 15.3. The Labute approximate surface area is 194 Å². The Bertz CT molecular complexity index is 1470. The molecule has 2 amide bonds. The molecule has 5 aromatic rings. The molecular weight excluding hydrogens is 432 g/mol. The first-order chi connectivity index (χ1) is 16.6. The van der Waals surface area contributed by atoms with Crippen LogP contribution < -0.4 is 15.4 Å². The van der Waals surface area contributed by atoms with Gasteiger partial charge in [-0.1, -0.05) is 0 Å². The molecule has 3 heterocycles. The highest BCUT2D eigenvalue weighted by molar-refractivity contribution is 5.99. The number of phenols is 1. The molecule has 9 nitrogen and oxygen atoms in total. The van der Waals surface area contributed by atoms with E-state index in [1.807, 2.05) is 53.4 Å². The highest BCUT2D eigenvalue weighted by Gasteiger charge is 2.10. The van der Waals surface area contributed by atoms with E-state index in [0.717, 1.165) is 11.3 Å². The van der Waals surface area contributed by atoms with Crippen molar-refractivity contribution in [2.24, 2.45) is 0 Å². The Balaban J connectivity index is 1.32. The SMILES string of the molecule is COc1cc(-c2ccc3ncc(NC(=O)Nc4ccc(-n5cccc5)cc4)nc3n2)ccc1O. The molecule has 0 fully saturated rings. The van der Waals surface area contributed by atoms with Gasteiger partial charge in [-0.05, 0) is 66.7 Å². The Morgan fingerprint density at radius 1 is 0.971 bits per heavy atom. The van der Waals surface area contributed by atoms with Crippen LogP contribution in [0, 0.1) is 0 Å². The van der Waals surface area contributed by atoms with Crippen LogP contribution in [0.5, 0.6) is 11.5 Å². The van der Waals surface area contributed by atoms with Gasteiger partial charge in [0.25, 0.3) is 0 Å². The van der Waals surface area contributed by atoms with Crippen molar-refractivity contribution >= 4 is 28.7 Å². The van der Waals surface area contributed by atoms with Gasteiger partial charge in [0, 0.05) is 29.3 Å². The quantitative estimate of drug-likeness (QED) is 0.352. The van der Waals surface area contributed by atoms with Gasteiger partial charge in [-0.2, -0.15) is 0 Å². The maximum Gasteiger partial charge on any atom is 0.324 e. The van der Waals surface area contributed by atoms with Gasteiger partial charge in [0.2, 0.25) is 0 Å². The number of aromatic nitrogens is 4. The fraction of sp³-hybridized carbons (Fsp3) is 0.0400. The number of hydrogen-bond donors (Lipinski definition) is 3. The monoisotopic (exact) mass is 452 g/mol. The molecule has 168 valence electrons. The molecule has 0 atom stereocenters. The molecule has 0 radical (unpaired) electrons. The smallest absolute Gasteiger partial charge is 0.324 e. The number of urea groups is 1. The van der Waals surface area contributed by atoms with Crippen LogP contribution in [0.15, 0.2) is 85.3 Å². The highest BCUT2D eigenvalue weighted by Crippen LogP contribution is 2.31. The van der Waals surface area contributed by atoms with Gasteiger partial charge >= 0.3 is 6.03 Å². The molecule has 2 aromatic carbocycles. The maximum atomic E-state index is 12.5. The van der Waals surface area contributed by atoms with Gasteiger partial charge in [0.1, 0.15) is 5.52 Å². The van der Waals surface area contributed by atoms with Crippen LogP contribution in [0.2, 0.25) is 0 Å². The lowest BCUT2D eigenvalue weighted by Gasteiger charge is -2.09. The Hall–Kier alpha value is -4.92. The normalized spacial score (nSPS) is 10.7. The molecule has 0 saturated heterocycles. The van der Waals surface area contributed by atoms with Crippen LogP contribution in [0.4, 0.5) is 16.3 Å². The number of rotatable bonds is 5. The molecule has 0 unspecified atom stereocenters. The summed E-state index contributed by atoms with van der Waals surface area (Å²) in [6.07, 6.45) is 5.37. The molecule has 0 saturated carbocycles. The van der Waals surface area contributed by atoms with Gasteiger partial charge in [-0.15, -0.1) is 0 Å². The minimum atomic E-state index is -0.443. The van der Waals surface area contributed by atoms with Gasteiger partial charge in [0.15, 0.2) is 23.0 Å². The number of anilines is 2. The van der Waals surface area contributed by atoms with Crippen molar-refractivity contribution in [2.75, 3.05) is 17.7 Å². The number of nitrogens with zero attached hydrogens (tertiary/aromatic N) is 4. The van der Waals surface area contributed by atoms with Crippen molar-refractivity contribution < 1.29 is 14.6 Å². The number of pyridine rings is 1. The summed E-state index contributed by atoms with van der Waals surface area (Å²) in [5.41, 5.74) is 3.97. The summed E-state index contributed by atoms with van der Waals surface area (Å²) in [4.78, 5) is 25.8. The second kappa shape index (κ2) is 8.91. The van der Waals surface area contributed by atoms with E-state index in [4.69, 9.17) is 4.74 Å². The van der Waals surface area contributed by atoms with E-state index in [0.29, 0.717) is 28.3 Å². The fourth-order valence-electron chi connectivity index (χ4n) is 3.46. The number of hydrogen-bond acceptors (Lipinski definition) is 6. The Morgan fingerprint density at radius 3 is 2.53 bits per heavy atom. The first kappa shape index (κ1) is 21.0. The minimum Gasteiger partial charge on any atom is -0.504 e. The van der Waals surface area contributed by atoms with E-state index < -0.39 is 6.03 Å². The Kier molecular flexibility index (Phi) is 5.49. The number of carbonyl (C=O) groups excluding carboxylic acids is 1. The summed E-state index contributed by atoms with van der Waals surface area (Å²) in [5.74, 6) is 0.657. The summed E-state index contributed by atoms with van der Waals surface area (Å²) in [6.45, 7) is 0. The summed E-state index contributed by atoms with van der Waals surface area (Å²) in [6, 6.07) is 19.5. The van der Waals surface area contributed by atoms with E-state index in [9.17, 15) is 9.90 Å². The zero-order valence-electron chi connectivity index (χ0n) is 18.1. The number of benzene rings is 2. The predicted molar refractivity (Wildman–Crippen MR) is 129 cm³/mol. The standard InChI is InChI=1S/C25H20N6O3/c1-34-22-14-16(4-11-21(22)32)19-9-10-20-24(28-19)29-23(15-26-20)30-25(33)27-17-5-7-18(8-6-17)31-12-2-3-13-31/h2-15,32H,1H3,(H2,27,28,29,30,33). The number of amides is 2. The molecular formula is C25H20N6O3. The van der Waals surface area contributed by atoms with Crippen LogP contribution in [-0.4, -0.2) is 37.8 Å². The average Bonchev–Trinajstić information content (AvgIpc) is 3.39. The molecule has 0 aliphatic carbocycles. The van der Waals surface area contributed by atoms with Crippen molar-refractivity contribution in [2.45, 2.75) is 0 Å². The van der Waals surface area contributed by atoms with Gasteiger partial charge < -0.3 is 19.7 Å². The highest BCUT2D eigenvalue weighted by atomic mass is 16.5. The molecule has 3 aromatic heterocycles. The molecule has 0 aliphatic rings. The third-order valence-corrected chi connectivity index (χ3v) is 5.15. The third-order valence-electron chi connectivity index (χ3n) is 5.15.